The summed E-state index contributed by atoms with van der Waals surface area (Å²) in [6.45, 7) is 7.79. The topological polar surface area (TPSA) is 15.3 Å². The van der Waals surface area contributed by atoms with Gasteiger partial charge in [0.25, 0.3) is 0 Å². The quantitative estimate of drug-likeness (QED) is 0.734. The molecule has 0 amide bonds. The van der Waals surface area contributed by atoms with Crippen LogP contribution in [0.4, 0.5) is 13.2 Å². The highest BCUT2D eigenvalue weighted by Crippen LogP contribution is 2.33. The minimum Gasteiger partial charge on any atom is -0.316 e. The Hall–Kier alpha value is -0.290. The number of hydrogen-bond acceptors (Lipinski definition) is 2. The average molecular weight is 280 g/mol. The number of halogens is 3. The van der Waals surface area contributed by atoms with Gasteiger partial charge in [-0.3, -0.25) is 4.90 Å². The zero-order chi connectivity index (χ0) is 14.5. The Morgan fingerprint density at radius 2 is 1.95 bits per heavy atom. The number of nitrogens with zero attached hydrogens (tertiary/aromatic N) is 1. The van der Waals surface area contributed by atoms with E-state index in [1.165, 1.54) is 0 Å². The van der Waals surface area contributed by atoms with Gasteiger partial charge in [0.05, 0.1) is 6.54 Å². The SMILES string of the molecule is CCCN(CC(F)(F)F)C1CCC1CNCC(C)C. The summed E-state index contributed by atoms with van der Waals surface area (Å²) in [7, 11) is 0. The Morgan fingerprint density at radius 3 is 2.37 bits per heavy atom. The van der Waals surface area contributed by atoms with E-state index in [1.807, 2.05) is 6.92 Å². The molecule has 2 nitrogen and oxygen atoms in total. The van der Waals surface area contributed by atoms with Crippen molar-refractivity contribution < 1.29 is 13.2 Å². The van der Waals surface area contributed by atoms with Gasteiger partial charge >= 0.3 is 6.18 Å². The second-order valence-corrected chi connectivity index (χ2v) is 6.04. The zero-order valence-electron chi connectivity index (χ0n) is 12.3. The first-order valence-corrected chi connectivity index (χ1v) is 7.35. The van der Waals surface area contributed by atoms with Crippen LogP contribution in [0.5, 0.6) is 0 Å². The van der Waals surface area contributed by atoms with Crippen molar-refractivity contribution in [3.05, 3.63) is 0 Å². The van der Waals surface area contributed by atoms with Gasteiger partial charge < -0.3 is 5.32 Å². The van der Waals surface area contributed by atoms with Crippen molar-refractivity contribution in [3.8, 4) is 0 Å². The van der Waals surface area contributed by atoms with Gasteiger partial charge in [0, 0.05) is 6.04 Å². The van der Waals surface area contributed by atoms with Crippen molar-refractivity contribution in [2.24, 2.45) is 11.8 Å². The van der Waals surface area contributed by atoms with Crippen molar-refractivity contribution in [1.29, 1.82) is 0 Å². The van der Waals surface area contributed by atoms with Gasteiger partial charge in [-0.2, -0.15) is 13.2 Å². The summed E-state index contributed by atoms with van der Waals surface area (Å²) in [6.07, 6.45) is -1.35. The second kappa shape index (κ2) is 7.48. The maximum absolute atomic E-state index is 12.6. The van der Waals surface area contributed by atoms with E-state index in [0.717, 1.165) is 32.4 Å². The van der Waals surface area contributed by atoms with Gasteiger partial charge in [-0.25, -0.2) is 0 Å². The molecule has 2 unspecified atom stereocenters. The van der Waals surface area contributed by atoms with Gasteiger partial charge in [-0.05, 0) is 50.7 Å². The molecule has 1 N–H and O–H groups in total. The van der Waals surface area contributed by atoms with Crippen LogP contribution in [-0.2, 0) is 0 Å². The van der Waals surface area contributed by atoms with E-state index in [4.69, 9.17) is 0 Å². The van der Waals surface area contributed by atoms with Crippen LogP contribution in [-0.4, -0.2) is 43.3 Å². The molecule has 19 heavy (non-hydrogen) atoms. The first-order valence-electron chi connectivity index (χ1n) is 7.35. The van der Waals surface area contributed by atoms with E-state index in [-0.39, 0.29) is 6.04 Å². The summed E-state index contributed by atoms with van der Waals surface area (Å²) in [5, 5.41) is 3.37. The molecule has 1 rings (SSSR count). The second-order valence-electron chi connectivity index (χ2n) is 6.04. The van der Waals surface area contributed by atoms with Crippen LogP contribution in [0.1, 0.15) is 40.0 Å². The Balaban J connectivity index is 2.41. The molecule has 0 aromatic rings. The molecule has 5 heteroatoms. The molecule has 0 aromatic carbocycles. The van der Waals surface area contributed by atoms with Crippen molar-refractivity contribution in [3.63, 3.8) is 0 Å². The van der Waals surface area contributed by atoms with E-state index in [0.29, 0.717) is 18.4 Å². The van der Waals surface area contributed by atoms with E-state index < -0.39 is 12.7 Å². The lowest BCUT2D eigenvalue weighted by molar-refractivity contribution is -0.158. The van der Waals surface area contributed by atoms with Crippen LogP contribution in [0.2, 0.25) is 0 Å². The highest BCUT2D eigenvalue weighted by atomic mass is 19.4. The fraction of sp³-hybridized carbons (Fsp3) is 1.00. The Kier molecular flexibility index (Phi) is 6.60. The lowest BCUT2D eigenvalue weighted by atomic mass is 9.78. The van der Waals surface area contributed by atoms with E-state index in [9.17, 15) is 13.2 Å². The first-order chi connectivity index (χ1) is 8.83. The third-order valence-electron chi connectivity index (χ3n) is 3.70. The summed E-state index contributed by atoms with van der Waals surface area (Å²) in [5.41, 5.74) is 0. The summed E-state index contributed by atoms with van der Waals surface area (Å²) >= 11 is 0. The molecular weight excluding hydrogens is 253 g/mol. The maximum Gasteiger partial charge on any atom is 0.401 e. The molecule has 0 heterocycles. The molecule has 0 saturated heterocycles. The number of nitrogens with one attached hydrogen (secondary N) is 1. The molecular formula is C14H27F3N2. The molecule has 0 bridgehead atoms. The van der Waals surface area contributed by atoms with Crippen LogP contribution in [0.25, 0.3) is 0 Å². The molecule has 1 aliphatic rings. The fourth-order valence-corrected chi connectivity index (χ4v) is 2.71. The normalized spacial score (nSPS) is 24.0. The third kappa shape index (κ3) is 6.13. The maximum atomic E-state index is 12.6. The molecule has 1 fully saturated rings. The van der Waals surface area contributed by atoms with Crippen LogP contribution in [0, 0.1) is 11.8 Å². The summed E-state index contributed by atoms with van der Waals surface area (Å²) in [4.78, 5) is 1.63. The smallest absolute Gasteiger partial charge is 0.316 e. The molecule has 1 saturated carbocycles. The predicted molar refractivity (Wildman–Crippen MR) is 72.1 cm³/mol. The Labute approximate surface area is 114 Å². The van der Waals surface area contributed by atoms with Crippen LogP contribution in [0.15, 0.2) is 0 Å². The highest BCUT2D eigenvalue weighted by Gasteiger charge is 2.40. The van der Waals surface area contributed by atoms with E-state index in [2.05, 4.69) is 19.2 Å². The zero-order valence-corrected chi connectivity index (χ0v) is 12.3. The summed E-state index contributed by atoms with van der Waals surface area (Å²) < 4.78 is 37.7. The number of alkyl halides is 3. The predicted octanol–water partition coefficient (Wildman–Crippen LogP) is 3.28. The number of rotatable bonds is 8. The van der Waals surface area contributed by atoms with Gasteiger partial charge in [0.1, 0.15) is 0 Å². The molecule has 2 atom stereocenters. The monoisotopic (exact) mass is 280 g/mol. The van der Waals surface area contributed by atoms with Crippen LogP contribution < -0.4 is 5.32 Å². The van der Waals surface area contributed by atoms with Crippen molar-refractivity contribution >= 4 is 0 Å². The fourth-order valence-electron chi connectivity index (χ4n) is 2.71. The number of hydrogen-bond donors (Lipinski definition) is 1. The summed E-state index contributed by atoms with van der Waals surface area (Å²) in [5.74, 6) is 0.966. The van der Waals surface area contributed by atoms with Crippen LogP contribution >= 0.6 is 0 Å². The van der Waals surface area contributed by atoms with Gasteiger partial charge in [-0.15, -0.1) is 0 Å². The molecule has 0 spiro atoms. The molecule has 114 valence electrons. The van der Waals surface area contributed by atoms with Gasteiger partial charge in [-0.1, -0.05) is 20.8 Å². The molecule has 0 radical (unpaired) electrons. The van der Waals surface area contributed by atoms with Crippen molar-refractivity contribution in [1.82, 2.24) is 10.2 Å². The lowest BCUT2D eigenvalue weighted by Gasteiger charge is -2.45. The molecule has 1 aliphatic carbocycles. The first kappa shape index (κ1) is 16.8. The minimum absolute atomic E-state index is 0.112. The minimum atomic E-state index is -4.08. The molecule has 0 aromatic heterocycles. The Bertz CT molecular complexity index is 254. The average Bonchev–Trinajstić information content (AvgIpc) is 2.20. The molecule has 0 aliphatic heterocycles. The summed E-state index contributed by atoms with van der Waals surface area (Å²) in [6, 6.07) is 0.112. The Morgan fingerprint density at radius 1 is 1.26 bits per heavy atom. The van der Waals surface area contributed by atoms with E-state index in [1.54, 1.807) is 4.90 Å². The highest BCUT2D eigenvalue weighted by molar-refractivity contribution is 4.90. The van der Waals surface area contributed by atoms with Crippen molar-refractivity contribution in [2.45, 2.75) is 52.3 Å². The van der Waals surface area contributed by atoms with Crippen molar-refractivity contribution in [2.75, 3.05) is 26.2 Å². The van der Waals surface area contributed by atoms with E-state index >= 15 is 0 Å². The lowest BCUT2D eigenvalue weighted by Crippen LogP contribution is -2.53. The third-order valence-corrected chi connectivity index (χ3v) is 3.70. The van der Waals surface area contributed by atoms with Gasteiger partial charge in [0.15, 0.2) is 0 Å². The standard InChI is InChI=1S/C14H27F3N2/c1-4-7-19(10-14(15,16)17)13-6-5-12(13)9-18-8-11(2)3/h11-13,18H,4-10H2,1-3H3. The largest absolute Gasteiger partial charge is 0.401 e. The van der Waals surface area contributed by atoms with Gasteiger partial charge in [0.2, 0.25) is 0 Å². The van der Waals surface area contributed by atoms with Crippen LogP contribution in [0.3, 0.4) is 0 Å².